The number of carbonyl (C=O) groups is 1. The Morgan fingerprint density at radius 1 is 1.24 bits per heavy atom. The molecule has 8 heteroatoms. The van der Waals surface area contributed by atoms with E-state index in [1.807, 2.05) is 25.3 Å². The third-order valence-corrected chi connectivity index (χ3v) is 6.41. The number of benzene rings is 1. The minimum absolute atomic E-state index is 0.290. The highest BCUT2D eigenvalue weighted by molar-refractivity contribution is 7.90. The summed E-state index contributed by atoms with van der Waals surface area (Å²) in [7, 11) is -3.25. The van der Waals surface area contributed by atoms with Crippen LogP contribution in [0.15, 0.2) is 41.4 Å². The summed E-state index contributed by atoms with van der Waals surface area (Å²) in [5, 5.41) is 9.05. The van der Waals surface area contributed by atoms with Gasteiger partial charge in [-0.2, -0.15) is 0 Å². The van der Waals surface area contributed by atoms with E-state index in [9.17, 15) is 13.2 Å². The summed E-state index contributed by atoms with van der Waals surface area (Å²) in [6.07, 6.45) is 4.45. The number of amides is 1. The van der Waals surface area contributed by atoms with E-state index in [4.69, 9.17) is 9.84 Å². The van der Waals surface area contributed by atoms with Gasteiger partial charge in [-0.05, 0) is 60.6 Å². The first-order valence-corrected chi connectivity index (χ1v) is 11.6. The third kappa shape index (κ3) is 5.26. The predicted molar refractivity (Wildman–Crippen MR) is 109 cm³/mol. The molecule has 1 amide bonds. The Morgan fingerprint density at radius 3 is 2.52 bits per heavy atom. The number of likely N-dealkylation sites (tertiary alicyclic amines) is 1. The first-order valence-electron chi connectivity index (χ1n) is 9.66. The van der Waals surface area contributed by atoms with Crippen LogP contribution in [0.5, 0.6) is 5.75 Å². The number of nitrogens with zero attached hydrogens (tertiary/aromatic N) is 2. The quantitative estimate of drug-likeness (QED) is 0.771. The van der Waals surface area contributed by atoms with E-state index in [0.717, 1.165) is 29.7 Å². The first kappa shape index (κ1) is 21.1. The van der Waals surface area contributed by atoms with Gasteiger partial charge in [0.25, 0.3) is 0 Å². The lowest BCUT2D eigenvalue weighted by Gasteiger charge is -2.30. The Kier molecular flexibility index (Phi) is 6.42. The molecule has 0 radical (unpaired) electrons. The average molecular weight is 419 g/mol. The van der Waals surface area contributed by atoms with E-state index in [1.165, 1.54) is 11.2 Å². The van der Waals surface area contributed by atoms with Gasteiger partial charge in [-0.15, -0.1) is 0 Å². The topological polar surface area (TPSA) is 96.8 Å². The van der Waals surface area contributed by atoms with E-state index in [1.54, 1.807) is 18.2 Å². The van der Waals surface area contributed by atoms with Crippen LogP contribution in [-0.2, 0) is 22.9 Å². The second-order valence-corrected chi connectivity index (χ2v) is 9.33. The van der Waals surface area contributed by atoms with Crippen LogP contribution in [0.2, 0.25) is 0 Å². The van der Waals surface area contributed by atoms with Gasteiger partial charge in [0, 0.05) is 25.5 Å². The molecular weight excluding hydrogens is 392 g/mol. The summed E-state index contributed by atoms with van der Waals surface area (Å²) in [6, 6.07) is 8.87. The molecule has 0 saturated carbocycles. The zero-order valence-corrected chi connectivity index (χ0v) is 17.5. The molecule has 1 aliphatic heterocycles. The molecule has 0 atom stereocenters. The van der Waals surface area contributed by atoms with Crippen molar-refractivity contribution in [2.75, 3.05) is 19.3 Å². The number of rotatable bonds is 6. The number of hydrogen-bond donors (Lipinski definition) is 1. The maximum Gasteiger partial charge on any atom is 0.407 e. The smallest absolute Gasteiger partial charge is 0.407 e. The summed E-state index contributed by atoms with van der Waals surface area (Å²) in [5.74, 6) is 0.982. The zero-order chi connectivity index (χ0) is 21.0. The summed E-state index contributed by atoms with van der Waals surface area (Å²) < 4.78 is 29.3. The van der Waals surface area contributed by atoms with Crippen LogP contribution in [0, 0.1) is 0 Å². The van der Waals surface area contributed by atoms with Crippen molar-refractivity contribution in [1.29, 1.82) is 0 Å². The maximum atomic E-state index is 11.7. The normalized spacial score (nSPS) is 15.3. The van der Waals surface area contributed by atoms with Gasteiger partial charge in [-0.3, -0.25) is 4.98 Å². The highest BCUT2D eigenvalue weighted by atomic mass is 32.2. The molecule has 0 aliphatic carbocycles. The molecule has 0 unspecified atom stereocenters. The SMILES string of the molecule is CCc1cc(S(C)(=O)=O)ccc1OCc1ccc(C2CCN(C(=O)O)CC2)cn1. The van der Waals surface area contributed by atoms with Crippen molar-refractivity contribution in [3.8, 4) is 5.75 Å². The van der Waals surface area contributed by atoms with Crippen LogP contribution in [0.3, 0.4) is 0 Å². The van der Waals surface area contributed by atoms with E-state index >= 15 is 0 Å². The van der Waals surface area contributed by atoms with Crippen LogP contribution in [0.1, 0.15) is 42.5 Å². The molecule has 1 aromatic carbocycles. The van der Waals surface area contributed by atoms with Gasteiger partial charge in [-0.1, -0.05) is 13.0 Å². The van der Waals surface area contributed by atoms with Crippen LogP contribution in [0.25, 0.3) is 0 Å². The molecule has 0 bridgehead atoms. The highest BCUT2D eigenvalue weighted by Gasteiger charge is 2.23. The molecule has 156 valence electrons. The molecule has 1 fully saturated rings. The van der Waals surface area contributed by atoms with Gasteiger partial charge in [0.1, 0.15) is 12.4 Å². The van der Waals surface area contributed by atoms with Crippen LogP contribution in [-0.4, -0.2) is 48.8 Å². The molecule has 1 saturated heterocycles. The second-order valence-electron chi connectivity index (χ2n) is 7.31. The third-order valence-electron chi connectivity index (χ3n) is 5.30. The van der Waals surface area contributed by atoms with Crippen molar-refractivity contribution in [1.82, 2.24) is 9.88 Å². The lowest BCUT2D eigenvalue weighted by atomic mass is 9.90. The van der Waals surface area contributed by atoms with Gasteiger partial charge >= 0.3 is 6.09 Å². The number of hydrogen-bond acceptors (Lipinski definition) is 5. The fourth-order valence-electron chi connectivity index (χ4n) is 3.52. The Balaban J connectivity index is 1.62. The summed E-state index contributed by atoms with van der Waals surface area (Å²) in [5.41, 5.74) is 2.74. The number of piperidine rings is 1. The van der Waals surface area contributed by atoms with Crippen molar-refractivity contribution < 1.29 is 23.1 Å². The Morgan fingerprint density at radius 2 is 1.97 bits per heavy atom. The van der Waals surface area contributed by atoms with E-state index in [0.29, 0.717) is 37.8 Å². The molecular formula is C21H26N2O5S. The predicted octanol–water partition coefficient (Wildman–Crippen LogP) is 3.48. The fourth-order valence-corrected chi connectivity index (χ4v) is 4.19. The zero-order valence-electron chi connectivity index (χ0n) is 16.7. The monoisotopic (exact) mass is 418 g/mol. The van der Waals surface area contributed by atoms with Gasteiger partial charge in [-0.25, -0.2) is 13.2 Å². The first-order chi connectivity index (χ1) is 13.8. The number of sulfone groups is 1. The van der Waals surface area contributed by atoms with Crippen LogP contribution < -0.4 is 4.74 Å². The Labute approximate surface area is 171 Å². The number of pyridine rings is 1. The molecule has 1 aliphatic rings. The molecule has 3 rings (SSSR count). The second kappa shape index (κ2) is 8.82. The van der Waals surface area contributed by atoms with Gasteiger partial charge < -0.3 is 14.7 Å². The summed E-state index contributed by atoms with van der Waals surface area (Å²) in [6.45, 7) is 3.35. The van der Waals surface area contributed by atoms with Crippen LogP contribution in [0.4, 0.5) is 4.79 Å². The molecule has 1 N–H and O–H groups in total. The number of ether oxygens (including phenoxy) is 1. The lowest BCUT2D eigenvalue weighted by Crippen LogP contribution is -2.36. The summed E-state index contributed by atoms with van der Waals surface area (Å²) >= 11 is 0. The fraction of sp³-hybridized carbons (Fsp3) is 0.429. The van der Waals surface area contributed by atoms with Gasteiger partial charge in [0.15, 0.2) is 9.84 Å². The number of aryl methyl sites for hydroxylation is 1. The molecule has 2 heterocycles. The molecule has 7 nitrogen and oxygen atoms in total. The molecule has 1 aromatic heterocycles. The number of aromatic nitrogens is 1. The minimum atomic E-state index is -3.25. The van der Waals surface area contributed by atoms with E-state index in [2.05, 4.69) is 4.98 Å². The minimum Gasteiger partial charge on any atom is -0.487 e. The maximum absolute atomic E-state index is 11.7. The molecule has 2 aromatic rings. The van der Waals surface area contributed by atoms with Crippen LogP contribution >= 0.6 is 0 Å². The van der Waals surface area contributed by atoms with Crippen molar-refractivity contribution in [3.63, 3.8) is 0 Å². The van der Waals surface area contributed by atoms with E-state index in [-0.39, 0.29) is 4.90 Å². The van der Waals surface area contributed by atoms with E-state index < -0.39 is 15.9 Å². The van der Waals surface area contributed by atoms with Crippen molar-refractivity contribution in [3.05, 3.63) is 53.3 Å². The molecule has 29 heavy (non-hydrogen) atoms. The van der Waals surface area contributed by atoms with Crippen molar-refractivity contribution in [2.24, 2.45) is 0 Å². The van der Waals surface area contributed by atoms with Gasteiger partial charge in [0.2, 0.25) is 0 Å². The van der Waals surface area contributed by atoms with Crippen molar-refractivity contribution in [2.45, 2.75) is 43.6 Å². The molecule has 0 spiro atoms. The standard InChI is InChI=1S/C21H26N2O5S/c1-3-15-12-19(29(2,26)27)6-7-20(15)28-14-18-5-4-17(13-22-18)16-8-10-23(11-9-16)21(24)25/h4-7,12-13,16H,3,8-11,14H2,1-2H3,(H,24,25). The van der Waals surface area contributed by atoms with Crippen molar-refractivity contribution >= 4 is 15.9 Å². The largest absolute Gasteiger partial charge is 0.487 e. The number of carboxylic acid groups (broad SMARTS) is 1. The average Bonchev–Trinajstić information content (AvgIpc) is 2.72. The lowest BCUT2D eigenvalue weighted by molar-refractivity contribution is 0.132. The van der Waals surface area contributed by atoms with Gasteiger partial charge in [0.05, 0.1) is 10.6 Å². The highest BCUT2D eigenvalue weighted by Crippen LogP contribution is 2.28. The Hall–Kier alpha value is -2.61. The Bertz CT molecular complexity index is 965. The summed E-state index contributed by atoms with van der Waals surface area (Å²) in [4.78, 5) is 17.2.